The lowest BCUT2D eigenvalue weighted by Gasteiger charge is -2.35. The van der Waals surface area contributed by atoms with E-state index in [9.17, 15) is 24.0 Å². The SMILES string of the molecule is CC(C)C[C@H](NC(=O)[C@H]1Cc2c([nH]c3ccccc23)CN1C(=O)Nc1ccc(Cl)c(Cl)c1)C(=O)N[C@@H](CCC(=O)O)C(N)=O. The average Bonchev–Trinajstić information content (AvgIpc) is 3.33. The van der Waals surface area contributed by atoms with Gasteiger partial charge in [-0.15, -0.1) is 0 Å². The molecule has 14 heteroatoms. The molecule has 44 heavy (non-hydrogen) atoms. The van der Waals surface area contributed by atoms with Crippen molar-refractivity contribution in [3.63, 3.8) is 0 Å². The van der Waals surface area contributed by atoms with Crippen LogP contribution >= 0.6 is 23.2 Å². The maximum atomic E-state index is 13.9. The quantitative estimate of drug-likeness (QED) is 0.184. The molecule has 1 aromatic heterocycles. The summed E-state index contributed by atoms with van der Waals surface area (Å²) in [6, 6.07) is 8.34. The van der Waals surface area contributed by atoms with E-state index in [0.717, 1.165) is 22.2 Å². The van der Waals surface area contributed by atoms with Gasteiger partial charge >= 0.3 is 12.0 Å². The number of H-pyrrole nitrogens is 1. The van der Waals surface area contributed by atoms with Gasteiger partial charge in [-0.25, -0.2) is 4.79 Å². The Morgan fingerprint density at radius 3 is 2.43 bits per heavy atom. The number of urea groups is 1. The molecule has 1 aliphatic rings. The van der Waals surface area contributed by atoms with Crippen LogP contribution < -0.4 is 21.7 Å². The number of benzene rings is 2. The minimum atomic E-state index is -1.23. The summed E-state index contributed by atoms with van der Waals surface area (Å²) in [7, 11) is 0. The summed E-state index contributed by atoms with van der Waals surface area (Å²) in [6.07, 6.45) is -0.207. The third kappa shape index (κ3) is 7.80. The standard InChI is InChI=1S/C30H34Cl2N6O6/c1-15(2)11-23(28(42)36-22(27(33)41)9-10-26(39)40)37-29(43)25-13-18-17-5-3-4-6-21(17)35-24(18)14-38(25)30(44)34-16-7-8-19(31)20(32)12-16/h3-8,12,15,22-23,25,35H,9-11,13-14H2,1-2H3,(H2,33,41)(H,34,44)(H,36,42)(H,37,43)(H,39,40)/t22-,23-,25+/m0/s1. The van der Waals surface area contributed by atoms with Crippen molar-refractivity contribution < 1.29 is 29.1 Å². The van der Waals surface area contributed by atoms with Crippen LogP contribution in [0.4, 0.5) is 10.5 Å². The van der Waals surface area contributed by atoms with Crippen molar-refractivity contribution in [2.24, 2.45) is 11.7 Å². The fourth-order valence-electron chi connectivity index (χ4n) is 5.22. The Bertz CT molecular complexity index is 1590. The number of nitrogens with zero attached hydrogens (tertiary/aromatic N) is 1. The van der Waals surface area contributed by atoms with Gasteiger partial charge in [0.2, 0.25) is 17.7 Å². The Kier molecular flexibility index (Phi) is 10.4. The summed E-state index contributed by atoms with van der Waals surface area (Å²) in [5.74, 6) is -3.34. The molecule has 7 N–H and O–H groups in total. The van der Waals surface area contributed by atoms with Gasteiger partial charge in [0.05, 0.1) is 16.6 Å². The van der Waals surface area contributed by atoms with E-state index >= 15 is 0 Å². The van der Waals surface area contributed by atoms with Crippen LogP contribution in [0.15, 0.2) is 42.5 Å². The van der Waals surface area contributed by atoms with Crippen LogP contribution in [0.2, 0.25) is 10.0 Å². The van der Waals surface area contributed by atoms with Gasteiger partial charge in [0.25, 0.3) is 0 Å². The Balaban J connectivity index is 1.61. The van der Waals surface area contributed by atoms with Gasteiger partial charge in [0.1, 0.15) is 18.1 Å². The number of nitrogens with two attached hydrogens (primary N) is 1. The fraction of sp³-hybridized carbons (Fsp3) is 0.367. The fourth-order valence-corrected chi connectivity index (χ4v) is 5.52. The van der Waals surface area contributed by atoms with Gasteiger partial charge in [0.15, 0.2) is 0 Å². The van der Waals surface area contributed by atoms with Gasteiger partial charge in [-0.05, 0) is 48.6 Å². The highest BCUT2D eigenvalue weighted by atomic mass is 35.5. The van der Waals surface area contributed by atoms with Crippen molar-refractivity contribution in [3.05, 3.63) is 63.8 Å². The van der Waals surface area contributed by atoms with Crippen molar-refractivity contribution in [1.29, 1.82) is 0 Å². The minimum Gasteiger partial charge on any atom is -0.481 e. The van der Waals surface area contributed by atoms with Crippen LogP contribution in [-0.2, 0) is 32.1 Å². The van der Waals surface area contributed by atoms with E-state index < -0.39 is 47.8 Å². The number of nitrogens with one attached hydrogen (secondary N) is 4. The normalized spacial score (nSPS) is 15.8. The third-order valence-corrected chi connectivity index (χ3v) is 8.12. The molecule has 4 rings (SSSR count). The van der Waals surface area contributed by atoms with Crippen LogP contribution in [0.3, 0.4) is 0 Å². The number of primary amides is 1. The average molecular weight is 646 g/mol. The molecule has 0 fully saturated rings. The molecule has 0 bridgehead atoms. The number of hydrogen-bond acceptors (Lipinski definition) is 5. The zero-order chi connectivity index (χ0) is 32.1. The van der Waals surface area contributed by atoms with Crippen molar-refractivity contribution in [1.82, 2.24) is 20.5 Å². The molecule has 0 aliphatic carbocycles. The number of carboxylic acids is 1. The molecule has 234 valence electrons. The monoisotopic (exact) mass is 644 g/mol. The number of aromatic amines is 1. The Hall–Kier alpha value is -4.29. The van der Waals surface area contributed by atoms with Crippen molar-refractivity contribution in [2.45, 2.75) is 64.2 Å². The summed E-state index contributed by atoms with van der Waals surface area (Å²) in [5, 5.41) is 18.5. The Morgan fingerprint density at radius 1 is 1.05 bits per heavy atom. The molecular formula is C30H34Cl2N6O6. The molecule has 12 nitrogen and oxygen atoms in total. The van der Waals surface area contributed by atoms with Crippen LogP contribution in [0.25, 0.3) is 10.9 Å². The van der Waals surface area contributed by atoms with E-state index in [1.165, 1.54) is 11.0 Å². The maximum absolute atomic E-state index is 13.9. The first kappa shape index (κ1) is 32.6. The number of carbonyl (C=O) groups excluding carboxylic acids is 4. The van der Waals surface area contributed by atoms with Gasteiger partial charge in [-0.1, -0.05) is 55.2 Å². The number of halogens is 2. The summed E-state index contributed by atoms with van der Waals surface area (Å²) in [5.41, 5.74) is 8.30. The Morgan fingerprint density at radius 2 is 1.77 bits per heavy atom. The van der Waals surface area contributed by atoms with E-state index in [1.54, 1.807) is 12.1 Å². The van der Waals surface area contributed by atoms with Crippen molar-refractivity contribution in [2.75, 3.05) is 5.32 Å². The second-order valence-electron chi connectivity index (χ2n) is 11.1. The lowest BCUT2D eigenvalue weighted by Crippen LogP contribution is -2.59. The number of aromatic nitrogens is 1. The highest BCUT2D eigenvalue weighted by Crippen LogP contribution is 2.31. The van der Waals surface area contributed by atoms with E-state index in [-0.39, 0.29) is 43.2 Å². The van der Waals surface area contributed by atoms with Crippen molar-refractivity contribution >= 4 is 69.5 Å². The molecule has 5 amide bonds. The molecule has 2 aromatic carbocycles. The topological polar surface area (TPSA) is 187 Å². The summed E-state index contributed by atoms with van der Waals surface area (Å²) >= 11 is 12.2. The number of rotatable bonds is 11. The first-order valence-electron chi connectivity index (χ1n) is 14.1. The molecule has 0 spiro atoms. The number of anilines is 1. The molecule has 0 saturated carbocycles. The highest BCUT2D eigenvalue weighted by molar-refractivity contribution is 6.42. The first-order chi connectivity index (χ1) is 20.8. The number of carboxylic acid groups (broad SMARTS) is 1. The second kappa shape index (κ2) is 14.0. The number of hydrogen-bond donors (Lipinski definition) is 6. The molecule has 3 atom stereocenters. The van der Waals surface area contributed by atoms with Crippen molar-refractivity contribution in [3.8, 4) is 0 Å². The lowest BCUT2D eigenvalue weighted by atomic mass is 9.95. The molecule has 3 aromatic rings. The van der Waals surface area contributed by atoms with E-state index in [0.29, 0.717) is 10.7 Å². The number of carbonyl (C=O) groups is 5. The molecule has 0 radical (unpaired) electrons. The van der Waals surface area contributed by atoms with Crippen LogP contribution in [0.5, 0.6) is 0 Å². The van der Waals surface area contributed by atoms with Gasteiger partial charge in [-0.2, -0.15) is 0 Å². The molecule has 2 heterocycles. The summed E-state index contributed by atoms with van der Waals surface area (Å²) < 4.78 is 0. The predicted molar refractivity (Wildman–Crippen MR) is 166 cm³/mol. The summed E-state index contributed by atoms with van der Waals surface area (Å²) in [6.45, 7) is 3.80. The van der Waals surface area contributed by atoms with Crippen LogP contribution in [0, 0.1) is 5.92 Å². The number of para-hydroxylation sites is 1. The molecule has 0 saturated heterocycles. The van der Waals surface area contributed by atoms with E-state index in [1.807, 2.05) is 38.1 Å². The van der Waals surface area contributed by atoms with Gasteiger partial charge in [0, 0.05) is 35.1 Å². The zero-order valence-corrected chi connectivity index (χ0v) is 25.7. The largest absolute Gasteiger partial charge is 0.481 e. The molecule has 0 unspecified atom stereocenters. The predicted octanol–water partition coefficient (Wildman–Crippen LogP) is 3.80. The lowest BCUT2D eigenvalue weighted by molar-refractivity contribution is -0.138. The number of fused-ring (bicyclic) bond motifs is 3. The first-order valence-corrected chi connectivity index (χ1v) is 14.8. The van der Waals surface area contributed by atoms with Crippen LogP contribution in [0.1, 0.15) is 44.4 Å². The van der Waals surface area contributed by atoms with Gasteiger partial charge in [-0.3, -0.25) is 19.2 Å². The maximum Gasteiger partial charge on any atom is 0.322 e. The molecule has 1 aliphatic heterocycles. The van der Waals surface area contributed by atoms with E-state index in [2.05, 4.69) is 20.9 Å². The summed E-state index contributed by atoms with van der Waals surface area (Å²) in [4.78, 5) is 68.5. The van der Waals surface area contributed by atoms with E-state index in [4.69, 9.17) is 34.0 Å². The second-order valence-corrected chi connectivity index (χ2v) is 11.9. The molecular weight excluding hydrogens is 611 g/mol. The number of aliphatic carboxylic acids is 1. The van der Waals surface area contributed by atoms with Crippen LogP contribution in [-0.4, -0.2) is 62.8 Å². The van der Waals surface area contributed by atoms with Gasteiger partial charge < -0.3 is 36.7 Å². The zero-order valence-electron chi connectivity index (χ0n) is 24.2. The minimum absolute atomic E-state index is 0.0438. The Labute approximate surface area is 263 Å². The third-order valence-electron chi connectivity index (χ3n) is 7.39. The number of amides is 5. The highest BCUT2D eigenvalue weighted by Gasteiger charge is 2.38. The smallest absolute Gasteiger partial charge is 0.322 e.